The van der Waals surface area contributed by atoms with Crippen LogP contribution >= 0.6 is 11.8 Å². The van der Waals surface area contributed by atoms with Crippen LogP contribution in [-0.4, -0.2) is 35.1 Å². The molecule has 4 aliphatic rings. The van der Waals surface area contributed by atoms with Crippen LogP contribution in [0.3, 0.4) is 0 Å². The quantitative estimate of drug-likeness (QED) is 0.848. The van der Waals surface area contributed by atoms with Gasteiger partial charge in [-0.1, -0.05) is 18.2 Å². The molecule has 5 atom stereocenters. The molecule has 3 fully saturated rings. The molecule has 4 rings (SSSR count). The van der Waals surface area contributed by atoms with E-state index in [9.17, 15) is 4.79 Å². The van der Waals surface area contributed by atoms with Crippen molar-refractivity contribution in [2.75, 3.05) is 13.2 Å². The summed E-state index contributed by atoms with van der Waals surface area (Å²) in [5.74, 6) is 2.06. The average Bonchev–Trinajstić information content (AvgIpc) is 3.16. The molecule has 2 saturated carbocycles. The van der Waals surface area contributed by atoms with Gasteiger partial charge in [0.2, 0.25) is 0 Å². The van der Waals surface area contributed by atoms with Gasteiger partial charge >= 0.3 is 0 Å². The first-order valence-electron chi connectivity index (χ1n) is 7.81. The van der Waals surface area contributed by atoms with Gasteiger partial charge in [-0.15, -0.1) is 0 Å². The van der Waals surface area contributed by atoms with Gasteiger partial charge in [0.25, 0.3) is 5.91 Å². The number of hydrogen-bond donors (Lipinski definition) is 1. The molecule has 1 saturated heterocycles. The van der Waals surface area contributed by atoms with E-state index in [1.807, 2.05) is 6.92 Å². The van der Waals surface area contributed by atoms with Gasteiger partial charge in [-0.05, 0) is 44.4 Å². The maximum absolute atomic E-state index is 12.3. The van der Waals surface area contributed by atoms with Gasteiger partial charge in [0.15, 0.2) is 5.17 Å². The summed E-state index contributed by atoms with van der Waals surface area (Å²) >= 11 is 1.64. The smallest absolute Gasteiger partial charge is 0.264 e. The Labute approximate surface area is 124 Å². The second-order valence-corrected chi connectivity index (χ2v) is 8.36. The zero-order chi connectivity index (χ0) is 13.7. The van der Waals surface area contributed by atoms with Gasteiger partial charge in [-0.25, -0.2) is 0 Å². The highest BCUT2D eigenvalue weighted by Crippen LogP contribution is 2.46. The number of amidine groups is 1. The molecule has 20 heavy (non-hydrogen) atoms. The van der Waals surface area contributed by atoms with Gasteiger partial charge in [0.05, 0.1) is 6.61 Å². The summed E-state index contributed by atoms with van der Waals surface area (Å²) in [6.07, 6.45) is 6.37. The molecule has 0 spiro atoms. The van der Waals surface area contributed by atoms with Crippen molar-refractivity contribution in [3.05, 3.63) is 0 Å². The second kappa shape index (κ2) is 4.73. The van der Waals surface area contributed by atoms with Crippen LogP contribution in [0, 0.1) is 17.8 Å². The summed E-state index contributed by atoms with van der Waals surface area (Å²) < 4.78 is 5.05. The highest BCUT2D eigenvalue weighted by molar-refractivity contribution is 8.16. The van der Waals surface area contributed by atoms with Crippen LogP contribution in [0.4, 0.5) is 0 Å². The number of carbonyl (C=O) groups is 1. The number of carbonyl (C=O) groups excluding carboxylic acids is 1. The fraction of sp³-hybridized carbons (Fsp3) is 0.867. The monoisotopic (exact) mass is 294 g/mol. The number of rotatable bonds is 2. The lowest BCUT2D eigenvalue weighted by atomic mass is 9.92. The zero-order valence-corrected chi connectivity index (χ0v) is 12.7. The molecular formula is C15H22N2O2S. The minimum absolute atomic E-state index is 0.0312. The highest BCUT2D eigenvalue weighted by atomic mass is 32.2. The topological polar surface area (TPSA) is 50.7 Å². The molecule has 5 heteroatoms. The number of nitrogens with one attached hydrogen (secondary N) is 1. The highest BCUT2D eigenvalue weighted by Gasteiger charge is 2.49. The summed E-state index contributed by atoms with van der Waals surface area (Å²) in [6, 6.07) is 0.551. The van der Waals surface area contributed by atoms with Crippen LogP contribution in [0.1, 0.15) is 39.0 Å². The van der Waals surface area contributed by atoms with Crippen LogP contribution in [0.2, 0.25) is 0 Å². The van der Waals surface area contributed by atoms with E-state index in [1.165, 1.54) is 25.7 Å². The third-order valence-electron chi connectivity index (χ3n) is 5.69. The Bertz CT molecular complexity index is 461. The Kier molecular flexibility index (Phi) is 3.11. The second-order valence-electron chi connectivity index (χ2n) is 6.92. The summed E-state index contributed by atoms with van der Waals surface area (Å²) in [5, 5.41) is 4.43. The fourth-order valence-electron chi connectivity index (χ4n) is 4.34. The van der Waals surface area contributed by atoms with Crippen LogP contribution < -0.4 is 5.32 Å². The Morgan fingerprint density at radius 2 is 2.25 bits per heavy atom. The molecule has 1 amide bonds. The maximum atomic E-state index is 12.3. The lowest BCUT2D eigenvalue weighted by Gasteiger charge is -2.27. The molecule has 4 nitrogen and oxygen atoms in total. The number of ether oxygens (including phenoxy) is 1. The fourth-order valence-corrected chi connectivity index (χ4v) is 5.57. The molecular weight excluding hydrogens is 272 g/mol. The first-order chi connectivity index (χ1) is 9.65. The Morgan fingerprint density at radius 3 is 2.90 bits per heavy atom. The molecule has 1 N–H and O–H groups in total. The van der Waals surface area contributed by atoms with E-state index in [1.54, 1.807) is 11.8 Å². The van der Waals surface area contributed by atoms with E-state index in [2.05, 4.69) is 10.3 Å². The molecule has 110 valence electrons. The van der Waals surface area contributed by atoms with Crippen LogP contribution in [-0.2, 0) is 9.53 Å². The number of fused-ring (bicyclic) bond motifs is 2. The predicted molar refractivity (Wildman–Crippen MR) is 79.7 cm³/mol. The molecule has 2 bridgehead atoms. The van der Waals surface area contributed by atoms with Crippen molar-refractivity contribution in [3.8, 4) is 0 Å². The molecule has 1 unspecified atom stereocenters. The number of nitrogens with zero attached hydrogens (tertiary/aromatic N) is 1. The van der Waals surface area contributed by atoms with Gasteiger partial charge in [0.1, 0.15) is 4.75 Å². The first kappa shape index (κ1) is 13.1. The SMILES string of the molecule is CC1([C@H]2CCOC2)SC(N[C@H]2C[C@@H]3CC[C@H]2C3)=NC1=O. The summed E-state index contributed by atoms with van der Waals surface area (Å²) in [7, 11) is 0. The average molecular weight is 294 g/mol. The number of amides is 1. The third-order valence-corrected chi connectivity index (χ3v) is 7.03. The molecule has 2 aliphatic heterocycles. The van der Waals surface area contributed by atoms with Crippen molar-refractivity contribution in [3.63, 3.8) is 0 Å². The van der Waals surface area contributed by atoms with Crippen LogP contribution in [0.5, 0.6) is 0 Å². The van der Waals surface area contributed by atoms with Gasteiger partial charge in [-0.3, -0.25) is 4.79 Å². The number of hydrogen-bond acceptors (Lipinski definition) is 4. The number of thioether (sulfide) groups is 1. The maximum Gasteiger partial charge on any atom is 0.264 e. The van der Waals surface area contributed by atoms with Crippen LogP contribution in [0.15, 0.2) is 4.99 Å². The van der Waals surface area contributed by atoms with Gasteiger partial charge in [-0.2, -0.15) is 4.99 Å². The van der Waals surface area contributed by atoms with Gasteiger partial charge in [0, 0.05) is 18.6 Å². The van der Waals surface area contributed by atoms with Crippen molar-refractivity contribution in [1.29, 1.82) is 0 Å². The predicted octanol–water partition coefficient (Wildman–Crippen LogP) is 2.19. The van der Waals surface area contributed by atoms with Gasteiger partial charge < -0.3 is 10.1 Å². The normalized spacial score (nSPS) is 47.0. The van der Waals surface area contributed by atoms with Crippen molar-refractivity contribution < 1.29 is 9.53 Å². The van der Waals surface area contributed by atoms with E-state index in [4.69, 9.17) is 4.74 Å². The third kappa shape index (κ3) is 2.01. The minimum Gasteiger partial charge on any atom is -0.381 e. The van der Waals surface area contributed by atoms with Crippen molar-refractivity contribution in [2.45, 2.75) is 49.8 Å². The van der Waals surface area contributed by atoms with Crippen molar-refractivity contribution in [2.24, 2.45) is 22.7 Å². The molecule has 0 aromatic heterocycles. The standard InChI is InChI=1S/C15H22N2O2S/c1-15(11-4-5-19-8-11)13(18)17-14(20-15)16-12-7-9-2-3-10(12)6-9/h9-12H,2-8H2,1H3,(H,16,17,18)/t9-,10+,11+,12+,15?/m1/s1. The minimum atomic E-state index is -0.406. The zero-order valence-electron chi connectivity index (χ0n) is 11.9. The molecule has 0 aromatic carbocycles. The van der Waals surface area contributed by atoms with E-state index >= 15 is 0 Å². The summed E-state index contributed by atoms with van der Waals surface area (Å²) in [6.45, 7) is 3.52. The largest absolute Gasteiger partial charge is 0.381 e. The lowest BCUT2D eigenvalue weighted by Crippen LogP contribution is -2.39. The first-order valence-corrected chi connectivity index (χ1v) is 8.63. The molecule has 0 aromatic rings. The van der Waals surface area contributed by atoms with Crippen molar-refractivity contribution >= 4 is 22.8 Å². The Hall–Kier alpha value is -0.550. The van der Waals surface area contributed by atoms with Crippen molar-refractivity contribution in [1.82, 2.24) is 5.32 Å². The van der Waals surface area contributed by atoms with E-state index in [0.29, 0.717) is 18.6 Å². The Balaban J connectivity index is 1.43. The number of aliphatic imine (C=N–C) groups is 1. The van der Waals surface area contributed by atoms with Crippen LogP contribution in [0.25, 0.3) is 0 Å². The Morgan fingerprint density at radius 1 is 1.35 bits per heavy atom. The molecule has 2 heterocycles. The molecule has 0 radical (unpaired) electrons. The van der Waals surface area contributed by atoms with E-state index in [-0.39, 0.29) is 5.91 Å². The van der Waals surface area contributed by atoms with E-state index < -0.39 is 4.75 Å². The lowest BCUT2D eigenvalue weighted by molar-refractivity contribution is -0.120. The van der Waals surface area contributed by atoms with E-state index in [0.717, 1.165) is 30.0 Å². The molecule has 2 aliphatic carbocycles. The summed E-state index contributed by atoms with van der Waals surface area (Å²) in [5.41, 5.74) is 0. The summed E-state index contributed by atoms with van der Waals surface area (Å²) in [4.78, 5) is 16.6.